The van der Waals surface area contributed by atoms with Crippen molar-refractivity contribution in [1.82, 2.24) is 10.6 Å². The van der Waals surface area contributed by atoms with Crippen molar-refractivity contribution in [2.24, 2.45) is 0 Å². The first-order valence-corrected chi connectivity index (χ1v) is 19.4. The Labute approximate surface area is 346 Å². The highest BCUT2D eigenvalue weighted by atomic mass is 16.8. The average Bonchev–Trinajstić information content (AvgIpc) is 3.21. The number of carbonyl (C=O) groups excluding carboxylic acids is 2. The number of aliphatic hydroxyl groups excluding tert-OH is 14. The van der Waals surface area contributed by atoms with Gasteiger partial charge in [0, 0.05) is 13.8 Å². The van der Waals surface area contributed by atoms with Crippen molar-refractivity contribution < 1.29 is 124 Å². The molecule has 0 radical (unpaired) electrons. The van der Waals surface area contributed by atoms with Crippen LogP contribution in [0.2, 0.25) is 0 Å². The van der Waals surface area contributed by atoms with E-state index in [0.29, 0.717) is 0 Å². The van der Waals surface area contributed by atoms with Crippen LogP contribution < -0.4 is 10.6 Å². The SMILES string of the molecule is CC(=O)N[C@H]1[C@H](OC[C@H]2OC(O)[C@H](NC(C)=O)[C@@H](O)[C@H]2O)O[C@H](CO)[C@@H](O)[C@@H]1O[C@@H]1O[C@H](CO)[C@H](O)[C@H](O[C@H]2O[C@H](CO)[C@H](O)[C@H](O)[C@H]2O)[C@H]1O[C@@H]1O[C@@H](C)[C@@H](O)[C@@H](O)[C@@H]1O. The maximum absolute atomic E-state index is 12.6. The van der Waals surface area contributed by atoms with Crippen molar-refractivity contribution in [2.45, 2.75) is 174 Å². The molecule has 5 rings (SSSR count). The summed E-state index contributed by atoms with van der Waals surface area (Å²) in [6, 6.07) is -3.06. The Kier molecular flexibility index (Phi) is 17.5. The molecule has 0 aromatic heterocycles. The molecule has 0 spiro atoms. The standard InChI is InChI=1S/C34H58N2O25/c1-8-17(42)23(48)25(50)32(54-8)61-29-28(60-33-26(51)24(49)18(43)11(4-37)57-33)21(46)13(6-39)58-34(29)59-27-16(36-10(3)41)31(56-12(5-38)20(27)45)53-7-14-19(44)22(47)15(30(52)55-14)35-9(2)40/h8,11-34,37-39,42-52H,4-7H2,1-3H3,(H,35,40)(H,36,41)/t8-,11+,12+,13+,14+,15+,16+,17+,18-,19-,20+,21-,22+,23+,24-,25-,26+,27+,28-,29+,30?,31+,32-,33+,34-/m0/s1. The first-order chi connectivity index (χ1) is 28.7. The monoisotopic (exact) mass is 894 g/mol. The van der Waals surface area contributed by atoms with Crippen molar-refractivity contribution in [2.75, 3.05) is 26.4 Å². The van der Waals surface area contributed by atoms with E-state index in [1.54, 1.807) is 0 Å². The van der Waals surface area contributed by atoms with Gasteiger partial charge in [0.15, 0.2) is 31.5 Å². The fourth-order valence-corrected chi connectivity index (χ4v) is 7.65. The van der Waals surface area contributed by atoms with E-state index >= 15 is 0 Å². The highest BCUT2D eigenvalue weighted by molar-refractivity contribution is 5.73. The van der Waals surface area contributed by atoms with Crippen molar-refractivity contribution >= 4 is 11.8 Å². The predicted molar refractivity (Wildman–Crippen MR) is 188 cm³/mol. The first kappa shape index (κ1) is 50.0. The van der Waals surface area contributed by atoms with Gasteiger partial charge in [0.2, 0.25) is 11.8 Å². The second-order valence-electron chi connectivity index (χ2n) is 15.4. The highest BCUT2D eigenvalue weighted by Crippen LogP contribution is 2.36. The summed E-state index contributed by atoms with van der Waals surface area (Å²) in [5.74, 6) is -1.44. The predicted octanol–water partition coefficient (Wildman–Crippen LogP) is -10.6. The number of hydrogen-bond acceptors (Lipinski definition) is 25. The van der Waals surface area contributed by atoms with Crippen molar-refractivity contribution in [3.05, 3.63) is 0 Å². The fourth-order valence-electron chi connectivity index (χ4n) is 7.65. The molecule has 2 amide bonds. The Bertz CT molecular complexity index is 1420. The molecule has 5 aliphatic heterocycles. The lowest BCUT2D eigenvalue weighted by atomic mass is 9.94. The average molecular weight is 895 g/mol. The van der Waals surface area contributed by atoms with Gasteiger partial charge in [0.25, 0.3) is 0 Å². The number of carbonyl (C=O) groups is 2. The van der Waals surface area contributed by atoms with E-state index in [1.807, 2.05) is 0 Å². The van der Waals surface area contributed by atoms with Crippen LogP contribution in [0.3, 0.4) is 0 Å². The van der Waals surface area contributed by atoms with E-state index in [0.717, 1.165) is 13.8 Å². The molecule has 27 nitrogen and oxygen atoms in total. The molecule has 354 valence electrons. The van der Waals surface area contributed by atoms with Crippen molar-refractivity contribution in [1.29, 1.82) is 0 Å². The Morgan fingerprint density at radius 2 is 0.902 bits per heavy atom. The van der Waals surface area contributed by atoms with E-state index in [1.165, 1.54) is 6.92 Å². The van der Waals surface area contributed by atoms with E-state index in [9.17, 15) is 81.1 Å². The summed E-state index contributed by atoms with van der Waals surface area (Å²) in [6.45, 7) is -0.0677. The molecular formula is C34H58N2O25. The third-order valence-electron chi connectivity index (χ3n) is 11.1. The van der Waals surface area contributed by atoms with E-state index in [4.69, 9.17) is 42.6 Å². The maximum Gasteiger partial charge on any atom is 0.217 e. The van der Waals surface area contributed by atoms with Gasteiger partial charge in [0.05, 0.1) is 32.5 Å². The van der Waals surface area contributed by atoms with Crippen molar-refractivity contribution in [3.8, 4) is 0 Å². The molecule has 61 heavy (non-hydrogen) atoms. The van der Waals surface area contributed by atoms with E-state index in [-0.39, 0.29) is 0 Å². The zero-order chi connectivity index (χ0) is 45.2. The lowest BCUT2D eigenvalue weighted by Crippen LogP contribution is -2.70. The number of rotatable bonds is 14. The Hall–Kier alpha value is -1.98. The molecule has 25 atom stereocenters. The van der Waals surface area contributed by atoms with Gasteiger partial charge in [-0.15, -0.1) is 0 Å². The van der Waals surface area contributed by atoms with Gasteiger partial charge in [-0.05, 0) is 6.92 Å². The van der Waals surface area contributed by atoms with Crippen LogP contribution in [0.4, 0.5) is 0 Å². The van der Waals surface area contributed by atoms with Gasteiger partial charge < -0.3 is 125 Å². The van der Waals surface area contributed by atoms with Crippen LogP contribution in [-0.2, 0) is 52.2 Å². The summed E-state index contributed by atoms with van der Waals surface area (Å²) in [6.07, 6.45) is -41.7. The molecule has 5 fully saturated rings. The fraction of sp³-hybridized carbons (Fsp3) is 0.941. The molecule has 0 saturated carbocycles. The van der Waals surface area contributed by atoms with Gasteiger partial charge in [-0.25, -0.2) is 0 Å². The molecule has 5 aliphatic rings. The maximum atomic E-state index is 12.6. The lowest BCUT2D eigenvalue weighted by Gasteiger charge is -2.51. The number of hydrogen-bond donors (Lipinski definition) is 16. The third-order valence-corrected chi connectivity index (χ3v) is 11.1. The summed E-state index contributed by atoms with van der Waals surface area (Å²) in [4.78, 5) is 24.2. The molecule has 5 heterocycles. The second-order valence-corrected chi connectivity index (χ2v) is 15.4. The number of aliphatic hydroxyl groups is 14. The van der Waals surface area contributed by atoms with Gasteiger partial charge >= 0.3 is 0 Å². The van der Waals surface area contributed by atoms with E-state index < -0.39 is 192 Å². The van der Waals surface area contributed by atoms with Crippen LogP contribution in [-0.4, -0.2) is 263 Å². The number of nitrogens with one attached hydrogen (secondary N) is 2. The summed E-state index contributed by atoms with van der Waals surface area (Å²) >= 11 is 0. The van der Waals surface area contributed by atoms with Gasteiger partial charge in [0.1, 0.15) is 116 Å². The molecule has 0 bridgehead atoms. The lowest BCUT2D eigenvalue weighted by molar-refractivity contribution is -0.401. The Morgan fingerprint density at radius 1 is 0.459 bits per heavy atom. The van der Waals surface area contributed by atoms with Crippen LogP contribution in [0, 0.1) is 0 Å². The molecule has 0 aliphatic carbocycles. The van der Waals surface area contributed by atoms with Gasteiger partial charge in [-0.2, -0.15) is 0 Å². The van der Waals surface area contributed by atoms with Gasteiger partial charge in [-0.1, -0.05) is 0 Å². The molecule has 27 heteroatoms. The number of amides is 2. The summed E-state index contributed by atoms with van der Waals surface area (Å²) in [5.41, 5.74) is 0. The number of ether oxygens (including phenoxy) is 9. The normalized spacial score (nSPS) is 49.6. The third kappa shape index (κ3) is 10.9. The quantitative estimate of drug-likeness (QED) is 0.0770. The molecule has 0 aromatic carbocycles. The minimum atomic E-state index is -2.07. The smallest absolute Gasteiger partial charge is 0.217 e. The molecule has 0 aromatic rings. The molecule has 1 unspecified atom stereocenters. The van der Waals surface area contributed by atoms with Crippen LogP contribution >= 0.6 is 0 Å². The summed E-state index contributed by atoms with van der Waals surface area (Å²) in [5, 5.41) is 153. The Morgan fingerprint density at radius 3 is 1.48 bits per heavy atom. The Balaban J connectivity index is 1.48. The first-order valence-electron chi connectivity index (χ1n) is 19.4. The van der Waals surface area contributed by atoms with E-state index in [2.05, 4.69) is 10.6 Å². The minimum Gasteiger partial charge on any atom is -0.394 e. The van der Waals surface area contributed by atoms with Crippen LogP contribution in [0.1, 0.15) is 20.8 Å². The van der Waals surface area contributed by atoms with Crippen LogP contribution in [0.5, 0.6) is 0 Å². The summed E-state index contributed by atoms with van der Waals surface area (Å²) < 4.78 is 52.0. The second kappa shape index (κ2) is 21.3. The zero-order valence-corrected chi connectivity index (χ0v) is 33.0. The van der Waals surface area contributed by atoms with Crippen LogP contribution in [0.25, 0.3) is 0 Å². The van der Waals surface area contributed by atoms with Crippen LogP contribution in [0.15, 0.2) is 0 Å². The minimum absolute atomic E-state index is 0.656. The highest BCUT2D eigenvalue weighted by Gasteiger charge is 2.57. The van der Waals surface area contributed by atoms with Crippen molar-refractivity contribution in [3.63, 3.8) is 0 Å². The molecule has 16 N–H and O–H groups in total. The molecule has 5 saturated heterocycles. The molecular weight excluding hydrogens is 836 g/mol. The topological polar surface area (TPSA) is 424 Å². The van der Waals surface area contributed by atoms with Gasteiger partial charge in [-0.3, -0.25) is 9.59 Å². The largest absolute Gasteiger partial charge is 0.394 e. The summed E-state index contributed by atoms with van der Waals surface area (Å²) in [7, 11) is 0. The zero-order valence-electron chi connectivity index (χ0n) is 33.0.